The summed E-state index contributed by atoms with van der Waals surface area (Å²) < 4.78 is 5.27. The monoisotopic (exact) mass is 228 g/mol. The maximum absolute atomic E-state index is 5.27. The van der Waals surface area contributed by atoms with Crippen LogP contribution >= 0.6 is 11.8 Å². The molecule has 3 nitrogen and oxygen atoms in total. The van der Waals surface area contributed by atoms with E-state index in [1.807, 2.05) is 18.7 Å². The van der Waals surface area contributed by atoms with Gasteiger partial charge in [-0.3, -0.25) is 4.99 Å². The molecule has 0 unspecified atom stereocenters. The zero-order valence-electron chi connectivity index (χ0n) is 9.42. The number of nitrogens with one attached hydrogen (secondary N) is 1. The van der Waals surface area contributed by atoms with E-state index in [0.29, 0.717) is 5.54 Å². The molecule has 0 atom stereocenters. The summed E-state index contributed by atoms with van der Waals surface area (Å²) >= 11 is 1.88. The number of thioether (sulfide) groups is 1. The van der Waals surface area contributed by atoms with E-state index in [1.54, 1.807) is 0 Å². The van der Waals surface area contributed by atoms with Gasteiger partial charge in [0.1, 0.15) is 0 Å². The molecule has 15 heavy (non-hydrogen) atoms. The van der Waals surface area contributed by atoms with Gasteiger partial charge < -0.3 is 10.1 Å². The van der Waals surface area contributed by atoms with Gasteiger partial charge in [-0.25, -0.2) is 0 Å². The van der Waals surface area contributed by atoms with Crippen LogP contribution in [0.3, 0.4) is 0 Å². The second-order valence-corrected chi connectivity index (χ2v) is 5.25. The first kappa shape index (κ1) is 11.3. The Labute approximate surface area is 96.1 Å². The van der Waals surface area contributed by atoms with E-state index in [9.17, 15) is 0 Å². The maximum atomic E-state index is 5.27. The summed E-state index contributed by atoms with van der Waals surface area (Å²) in [6.45, 7) is 4.34. The molecule has 1 N–H and O–H groups in total. The first-order valence-electron chi connectivity index (χ1n) is 5.88. The highest BCUT2D eigenvalue weighted by atomic mass is 32.2. The third kappa shape index (κ3) is 2.88. The Morgan fingerprint density at radius 2 is 2.27 bits per heavy atom. The molecule has 4 heteroatoms. The topological polar surface area (TPSA) is 33.6 Å². The fraction of sp³-hybridized carbons (Fsp3) is 0.909. The third-order valence-electron chi connectivity index (χ3n) is 3.11. The first-order chi connectivity index (χ1) is 7.35. The van der Waals surface area contributed by atoms with Gasteiger partial charge in [0, 0.05) is 17.9 Å². The molecule has 2 rings (SSSR count). The summed E-state index contributed by atoms with van der Waals surface area (Å²) in [6, 6.07) is 0. The van der Waals surface area contributed by atoms with E-state index < -0.39 is 0 Å². The van der Waals surface area contributed by atoms with Gasteiger partial charge in [0.05, 0.1) is 13.2 Å². The van der Waals surface area contributed by atoms with Crippen molar-refractivity contribution in [2.75, 3.05) is 25.5 Å². The zero-order chi connectivity index (χ0) is 10.6. The number of hydrogen-bond donors (Lipinski definition) is 1. The van der Waals surface area contributed by atoms with Crippen LogP contribution in [0.25, 0.3) is 0 Å². The lowest BCUT2D eigenvalue weighted by atomic mass is 10.0. The summed E-state index contributed by atoms with van der Waals surface area (Å²) in [7, 11) is 0. The molecule has 1 aliphatic heterocycles. The lowest BCUT2D eigenvalue weighted by Crippen LogP contribution is -2.40. The van der Waals surface area contributed by atoms with Gasteiger partial charge >= 0.3 is 0 Å². The summed E-state index contributed by atoms with van der Waals surface area (Å²) in [6.07, 6.45) is 5.40. The Bertz CT molecular complexity index is 237. The molecule has 86 valence electrons. The Hall–Kier alpha value is -0.220. The fourth-order valence-corrected chi connectivity index (χ4v) is 3.51. The van der Waals surface area contributed by atoms with Crippen molar-refractivity contribution in [2.45, 2.75) is 38.1 Å². The smallest absolute Gasteiger partial charge is 0.157 e. The second-order valence-electron chi connectivity index (χ2n) is 4.28. The van der Waals surface area contributed by atoms with Gasteiger partial charge in [-0.05, 0) is 19.8 Å². The predicted molar refractivity (Wildman–Crippen MR) is 65.6 cm³/mol. The maximum Gasteiger partial charge on any atom is 0.157 e. The molecular weight excluding hydrogens is 208 g/mol. The highest BCUT2D eigenvalue weighted by Gasteiger charge is 2.39. The molecular formula is C11H20N2OS. The lowest BCUT2D eigenvalue weighted by Gasteiger charge is -2.21. The van der Waals surface area contributed by atoms with Gasteiger partial charge in [-0.1, -0.05) is 24.6 Å². The summed E-state index contributed by atoms with van der Waals surface area (Å²) in [5.41, 5.74) is 0.398. The van der Waals surface area contributed by atoms with Crippen molar-refractivity contribution in [3.8, 4) is 0 Å². The van der Waals surface area contributed by atoms with E-state index in [0.717, 1.165) is 24.9 Å². The highest BCUT2D eigenvalue weighted by Crippen LogP contribution is 2.37. The standard InChI is InChI=1S/C11H20N2OS/c1-2-14-8-7-12-10-13-11(9-15-10)5-3-4-6-11/h2-9H2,1H3,(H,12,13). The van der Waals surface area contributed by atoms with Gasteiger partial charge in [-0.15, -0.1) is 0 Å². The van der Waals surface area contributed by atoms with Gasteiger partial charge in [0.2, 0.25) is 0 Å². The fourth-order valence-electron chi connectivity index (χ4n) is 2.27. The number of ether oxygens (including phenoxy) is 1. The first-order valence-corrected chi connectivity index (χ1v) is 6.86. The van der Waals surface area contributed by atoms with Gasteiger partial charge in [0.25, 0.3) is 0 Å². The van der Waals surface area contributed by atoms with E-state index in [1.165, 1.54) is 31.4 Å². The molecule has 0 aromatic carbocycles. The molecule has 0 aromatic heterocycles. The predicted octanol–water partition coefficient (Wildman–Crippen LogP) is 2.03. The number of aliphatic imine (C=N–C) groups is 1. The minimum Gasteiger partial charge on any atom is -0.380 e. The van der Waals surface area contributed by atoms with Gasteiger partial charge in [0.15, 0.2) is 5.17 Å². The van der Waals surface area contributed by atoms with Crippen molar-refractivity contribution >= 4 is 16.9 Å². The van der Waals surface area contributed by atoms with Gasteiger partial charge in [-0.2, -0.15) is 0 Å². The molecule has 1 heterocycles. The third-order valence-corrected chi connectivity index (χ3v) is 4.31. The van der Waals surface area contributed by atoms with Crippen LogP contribution in [0.2, 0.25) is 0 Å². The number of rotatable bonds is 4. The molecule has 1 spiro atoms. The Morgan fingerprint density at radius 1 is 1.47 bits per heavy atom. The van der Waals surface area contributed by atoms with E-state index in [-0.39, 0.29) is 0 Å². The number of nitrogens with zero attached hydrogens (tertiary/aromatic N) is 1. The van der Waals surface area contributed by atoms with E-state index in [4.69, 9.17) is 4.74 Å². The average molecular weight is 228 g/mol. The van der Waals surface area contributed by atoms with Crippen molar-refractivity contribution in [3.05, 3.63) is 0 Å². The quantitative estimate of drug-likeness (QED) is 0.748. The van der Waals surface area contributed by atoms with Crippen molar-refractivity contribution in [2.24, 2.45) is 4.99 Å². The molecule has 1 saturated carbocycles. The minimum atomic E-state index is 0.398. The van der Waals surface area contributed by atoms with Crippen LogP contribution in [0.4, 0.5) is 0 Å². The van der Waals surface area contributed by atoms with Crippen molar-refractivity contribution in [3.63, 3.8) is 0 Å². The van der Waals surface area contributed by atoms with Crippen LogP contribution in [0.5, 0.6) is 0 Å². The lowest BCUT2D eigenvalue weighted by molar-refractivity contribution is 0.156. The average Bonchev–Trinajstić information content (AvgIpc) is 2.85. The molecule has 2 fully saturated rings. The summed E-state index contributed by atoms with van der Waals surface area (Å²) in [5.74, 6) is 1.21. The molecule has 0 aromatic rings. The minimum absolute atomic E-state index is 0.398. The van der Waals surface area contributed by atoms with Crippen molar-refractivity contribution in [1.29, 1.82) is 0 Å². The summed E-state index contributed by atoms with van der Waals surface area (Å²) in [4.78, 5) is 4.52. The van der Waals surface area contributed by atoms with Crippen LogP contribution in [0.1, 0.15) is 32.6 Å². The largest absolute Gasteiger partial charge is 0.380 e. The second kappa shape index (κ2) is 5.21. The highest BCUT2D eigenvalue weighted by molar-refractivity contribution is 8.14. The SMILES string of the molecule is CCOCCN=C1NC2(CCCC2)CS1. The molecule has 0 bridgehead atoms. The Balaban J connectivity index is 1.76. The Morgan fingerprint density at radius 3 is 3.00 bits per heavy atom. The van der Waals surface area contributed by atoms with Crippen LogP contribution in [-0.4, -0.2) is 36.2 Å². The van der Waals surface area contributed by atoms with Crippen LogP contribution in [-0.2, 0) is 4.74 Å². The number of hydrogen-bond acceptors (Lipinski definition) is 3. The Kier molecular flexibility index (Phi) is 3.92. The number of amidine groups is 1. The molecule has 2 aliphatic rings. The van der Waals surface area contributed by atoms with Crippen LogP contribution in [0, 0.1) is 0 Å². The normalized spacial score (nSPS) is 26.3. The van der Waals surface area contributed by atoms with Crippen LogP contribution < -0.4 is 5.32 Å². The van der Waals surface area contributed by atoms with E-state index in [2.05, 4.69) is 10.3 Å². The zero-order valence-corrected chi connectivity index (χ0v) is 10.2. The molecule has 1 aliphatic carbocycles. The summed E-state index contributed by atoms with van der Waals surface area (Å²) in [5, 5.41) is 4.74. The molecule has 1 saturated heterocycles. The van der Waals surface area contributed by atoms with Crippen LogP contribution in [0.15, 0.2) is 4.99 Å². The molecule has 0 radical (unpaired) electrons. The molecule has 0 amide bonds. The van der Waals surface area contributed by atoms with Crippen molar-refractivity contribution < 1.29 is 4.74 Å². The van der Waals surface area contributed by atoms with Crippen molar-refractivity contribution in [1.82, 2.24) is 5.32 Å². The van der Waals surface area contributed by atoms with E-state index >= 15 is 0 Å².